The SMILES string of the molecule is CCCc1cc(CC)ccc1C=CC(=S)c1ccccc1. The molecule has 0 aliphatic rings. The van der Waals surface area contributed by atoms with Crippen LogP contribution in [0.3, 0.4) is 0 Å². The highest BCUT2D eigenvalue weighted by atomic mass is 32.1. The zero-order valence-corrected chi connectivity index (χ0v) is 13.6. The van der Waals surface area contributed by atoms with Crippen LogP contribution in [0.1, 0.15) is 42.5 Å². The van der Waals surface area contributed by atoms with E-state index in [1.807, 2.05) is 24.3 Å². The number of hydrogen-bond donors (Lipinski definition) is 0. The van der Waals surface area contributed by atoms with Crippen molar-refractivity contribution in [2.45, 2.75) is 33.1 Å². The van der Waals surface area contributed by atoms with Gasteiger partial charge in [-0.1, -0.05) is 87.1 Å². The maximum atomic E-state index is 5.49. The molecule has 0 aliphatic heterocycles. The van der Waals surface area contributed by atoms with E-state index in [0.717, 1.165) is 29.7 Å². The van der Waals surface area contributed by atoms with E-state index in [1.54, 1.807) is 0 Å². The molecule has 1 heteroatoms. The van der Waals surface area contributed by atoms with Crippen LogP contribution in [-0.4, -0.2) is 4.86 Å². The topological polar surface area (TPSA) is 0 Å². The standard InChI is InChI=1S/C20H22S/c1-3-8-19-15-16(4-2)11-12-17(19)13-14-20(21)18-9-6-5-7-10-18/h5-7,9-15H,3-4,8H2,1-2H3. The van der Waals surface area contributed by atoms with E-state index in [4.69, 9.17) is 12.2 Å². The second-order valence-electron chi connectivity index (χ2n) is 5.20. The molecule has 2 aromatic carbocycles. The first-order valence-electron chi connectivity index (χ1n) is 7.63. The van der Waals surface area contributed by atoms with E-state index in [2.05, 4.69) is 50.3 Å². The minimum Gasteiger partial charge on any atom is -0.0795 e. The molecule has 0 saturated carbocycles. The molecule has 0 aliphatic carbocycles. The van der Waals surface area contributed by atoms with Gasteiger partial charge in [-0.2, -0.15) is 0 Å². The fourth-order valence-electron chi connectivity index (χ4n) is 2.39. The largest absolute Gasteiger partial charge is 0.0795 e. The number of rotatable bonds is 6. The van der Waals surface area contributed by atoms with Crippen molar-refractivity contribution in [3.8, 4) is 0 Å². The third-order valence-corrected chi connectivity index (χ3v) is 3.98. The molecular weight excluding hydrogens is 272 g/mol. The molecular formula is C20H22S. The molecule has 0 amide bonds. The number of allylic oxidation sites excluding steroid dienone is 1. The van der Waals surface area contributed by atoms with Gasteiger partial charge < -0.3 is 0 Å². The summed E-state index contributed by atoms with van der Waals surface area (Å²) in [5.74, 6) is 0. The van der Waals surface area contributed by atoms with Crippen molar-refractivity contribution in [3.63, 3.8) is 0 Å². The second kappa shape index (κ2) is 7.90. The summed E-state index contributed by atoms with van der Waals surface area (Å²) in [6.45, 7) is 4.42. The molecule has 0 bridgehead atoms. The van der Waals surface area contributed by atoms with Crippen molar-refractivity contribution in [1.29, 1.82) is 0 Å². The first-order valence-corrected chi connectivity index (χ1v) is 8.04. The van der Waals surface area contributed by atoms with Gasteiger partial charge in [0.2, 0.25) is 0 Å². The highest BCUT2D eigenvalue weighted by Gasteiger charge is 2.01. The summed E-state index contributed by atoms with van der Waals surface area (Å²) in [7, 11) is 0. The molecule has 0 spiro atoms. The average Bonchev–Trinajstić information content (AvgIpc) is 2.54. The summed E-state index contributed by atoms with van der Waals surface area (Å²) in [5, 5.41) is 0. The fourth-order valence-corrected chi connectivity index (χ4v) is 2.60. The zero-order chi connectivity index (χ0) is 15.1. The van der Waals surface area contributed by atoms with Crippen LogP contribution in [0, 0.1) is 0 Å². The molecule has 0 fully saturated rings. The van der Waals surface area contributed by atoms with Crippen LogP contribution in [0.15, 0.2) is 54.6 Å². The monoisotopic (exact) mass is 294 g/mol. The van der Waals surface area contributed by atoms with Crippen molar-refractivity contribution >= 4 is 23.2 Å². The van der Waals surface area contributed by atoms with Gasteiger partial charge in [0, 0.05) is 4.86 Å². The molecule has 21 heavy (non-hydrogen) atoms. The molecule has 0 nitrogen and oxygen atoms in total. The van der Waals surface area contributed by atoms with Gasteiger partial charge in [-0.25, -0.2) is 0 Å². The van der Waals surface area contributed by atoms with Gasteiger partial charge in [-0.3, -0.25) is 0 Å². The predicted molar refractivity (Wildman–Crippen MR) is 97.0 cm³/mol. The van der Waals surface area contributed by atoms with Gasteiger partial charge >= 0.3 is 0 Å². The molecule has 0 N–H and O–H groups in total. The first kappa shape index (κ1) is 15.7. The Labute approximate surface area is 133 Å². The Morgan fingerprint density at radius 2 is 1.81 bits per heavy atom. The quantitative estimate of drug-likeness (QED) is 0.378. The number of benzene rings is 2. The van der Waals surface area contributed by atoms with Gasteiger partial charge in [0.25, 0.3) is 0 Å². The highest BCUT2D eigenvalue weighted by Crippen LogP contribution is 2.17. The molecule has 0 heterocycles. The summed E-state index contributed by atoms with van der Waals surface area (Å²) < 4.78 is 0. The Kier molecular flexibility index (Phi) is 5.89. The first-order chi connectivity index (χ1) is 10.2. The van der Waals surface area contributed by atoms with Crippen LogP contribution in [0.2, 0.25) is 0 Å². The molecule has 0 atom stereocenters. The molecule has 2 rings (SSSR count). The average molecular weight is 294 g/mol. The summed E-state index contributed by atoms with van der Waals surface area (Å²) in [5.41, 5.74) is 5.21. The van der Waals surface area contributed by atoms with E-state index in [0.29, 0.717) is 0 Å². The Bertz CT molecular complexity index is 624. The lowest BCUT2D eigenvalue weighted by Gasteiger charge is -2.07. The van der Waals surface area contributed by atoms with E-state index >= 15 is 0 Å². The highest BCUT2D eigenvalue weighted by molar-refractivity contribution is 7.81. The Morgan fingerprint density at radius 1 is 1.05 bits per heavy atom. The summed E-state index contributed by atoms with van der Waals surface area (Å²) in [6, 6.07) is 16.9. The maximum Gasteiger partial charge on any atom is 0.0449 e. The number of hydrogen-bond acceptors (Lipinski definition) is 1. The van der Waals surface area contributed by atoms with Crippen molar-refractivity contribution in [2.24, 2.45) is 0 Å². The molecule has 2 aromatic rings. The summed E-state index contributed by atoms with van der Waals surface area (Å²) in [4.78, 5) is 0.887. The van der Waals surface area contributed by atoms with Gasteiger partial charge in [0.15, 0.2) is 0 Å². The molecule has 0 radical (unpaired) electrons. The predicted octanol–water partition coefficient (Wildman–Crippen LogP) is 5.63. The van der Waals surface area contributed by atoms with Crippen molar-refractivity contribution in [2.75, 3.05) is 0 Å². The molecule has 0 aromatic heterocycles. The zero-order valence-electron chi connectivity index (χ0n) is 12.8. The number of thiocarbonyl (C=S) groups is 1. The molecule has 108 valence electrons. The molecule has 0 saturated heterocycles. The minimum absolute atomic E-state index is 0.887. The Morgan fingerprint density at radius 3 is 2.48 bits per heavy atom. The van der Waals surface area contributed by atoms with Gasteiger partial charge in [-0.15, -0.1) is 0 Å². The Hall–Kier alpha value is -1.73. The van der Waals surface area contributed by atoms with Crippen LogP contribution >= 0.6 is 12.2 Å². The Balaban J connectivity index is 2.22. The van der Waals surface area contributed by atoms with Crippen LogP contribution in [0.4, 0.5) is 0 Å². The van der Waals surface area contributed by atoms with Crippen molar-refractivity contribution in [3.05, 3.63) is 76.9 Å². The molecule has 0 unspecified atom stereocenters. The van der Waals surface area contributed by atoms with Crippen LogP contribution in [-0.2, 0) is 12.8 Å². The van der Waals surface area contributed by atoms with Crippen LogP contribution in [0.5, 0.6) is 0 Å². The van der Waals surface area contributed by atoms with Crippen molar-refractivity contribution in [1.82, 2.24) is 0 Å². The smallest absolute Gasteiger partial charge is 0.0449 e. The number of aryl methyl sites for hydroxylation is 2. The van der Waals surface area contributed by atoms with E-state index in [9.17, 15) is 0 Å². The van der Waals surface area contributed by atoms with E-state index < -0.39 is 0 Å². The maximum absolute atomic E-state index is 5.49. The normalized spacial score (nSPS) is 11.0. The van der Waals surface area contributed by atoms with Gasteiger partial charge in [-0.05, 0) is 41.2 Å². The van der Waals surface area contributed by atoms with Crippen LogP contribution < -0.4 is 0 Å². The van der Waals surface area contributed by atoms with Crippen LogP contribution in [0.25, 0.3) is 6.08 Å². The van der Waals surface area contributed by atoms with Gasteiger partial charge in [0.05, 0.1) is 0 Å². The van der Waals surface area contributed by atoms with E-state index in [1.165, 1.54) is 16.7 Å². The fraction of sp³-hybridized carbons (Fsp3) is 0.250. The van der Waals surface area contributed by atoms with E-state index in [-0.39, 0.29) is 0 Å². The second-order valence-corrected chi connectivity index (χ2v) is 5.64. The minimum atomic E-state index is 0.887. The third-order valence-electron chi connectivity index (χ3n) is 3.61. The van der Waals surface area contributed by atoms with Gasteiger partial charge in [0.1, 0.15) is 0 Å². The summed E-state index contributed by atoms with van der Waals surface area (Å²) in [6.07, 6.45) is 7.57. The van der Waals surface area contributed by atoms with Crippen molar-refractivity contribution < 1.29 is 0 Å². The summed E-state index contributed by atoms with van der Waals surface area (Å²) >= 11 is 5.49. The third kappa shape index (κ3) is 4.37. The lowest BCUT2D eigenvalue weighted by atomic mass is 9.98. The lowest BCUT2D eigenvalue weighted by Crippen LogP contribution is -1.94. The lowest BCUT2D eigenvalue weighted by molar-refractivity contribution is 0.915.